The molecule has 0 saturated carbocycles. The molecular formula is C14H30N2. The average Bonchev–Trinajstić information content (AvgIpc) is 2.13. The van der Waals surface area contributed by atoms with Crippen LogP contribution in [0.3, 0.4) is 0 Å². The van der Waals surface area contributed by atoms with Crippen LogP contribution in [0.15, 0.2) is 0 Å². The van der Waals surface area contributed by atoms with E-state index >= 15 is 0 Å². The standard InChI is InChI=1S/C14H30N2/c1-13(2)10-9-12(14(3,4)16-13)8-6-5-7-11-15/h12,16H,5-11,15H2,1-4H3. The van der Waals surface area contributed by atoms with E-state index in [0.29, 0.717) is 11.1 Å². The zero-order valence-electron chi connectivity index (χ0n) is 11.6. The summed E-state index contributed by atoms with van der Waals surface area (Å²) < 4.78 is 0. The molecule has 2 heteroatoms. The summed E-state index contributed by atoms with van der Waals surface area (Å²) in [5.41, 5.74) is 6.14. The Bertz CT molecular complexity index is 209. The summed E-state index contributed by atoms with van der Waals surface area (Å²) in [7, 11) is 0. The van der Waals surface area contributed by atoms with Crippen molar-refractivity contribution in [2.45, 2.75) is 77.3 Å². The lowest BCUT2D eigenvalue weighted by atomic mass is 9.72. The molecule has 1 saturated heterocycles. The molecule has 1 unspecified atom stereocenters. The Balaban J connectivity index is 2.37. The molecule has 1 heterocycles. The molecule has 0 aromatic rings. The van der Waals surface area contributed by atoms with E-state index in [1.54, 1.807) is 0 Å². The van der Waals surface area contributed by atoms with Crippen molar-refractivity contribution in [3.05, 3.63) is 0 Å². The first kappa shape index (κ1) is 14.0. The lowest BCUT2D eigenvalue weighted by molar-refractivity contribution is 0.104. The molecule has 0 radical (unpaired) electrons. The summed E-state index contributed by atoms with van der Waals surface area (Å²) in [5, 5.41) is 3.80. The van der Waals surface area contributed by atoms with Crippen LogP contribution in [0.4, 0.5) is 0 Å². The summed E-state index contributed by atoms with van der Waals surface area (Å²) in [6.07, 6.45) is 7.86. The maximum atomic E-state index is 5.52. The van der Waals surface area contributed by atoms with E-state index in [-0.39, 0.29) is 0 Å². The van der Waals surface area contributed by atoms with Crippen LogP contribution in [0.2, 0.25) is 0 Å². The van der Waals surface area contributed by atoms with Gasteiger partial charge in [0.2, 0.25) is 0 Å². The van der Waals surface area contributed by atoms with Crippen LogP contribution in [0.1, 0.15) is 66.2 Å². The molecule has 1 aliphatic heterocycles. The fraction of sp³-hybridized carbons (Fsp3) is 1.00. The molecule has 1 aliphatic rings. The minimum Gasteiger partial charge on any atom is -0.330 e. The maximum absolute atomic E-state index is 5.52. The molecule has 0 spiro atoms. The van der Waals surface area contributed by atoms with Crippen LogP contribution in [0.5, 0.6) is 0 Å². The van der Waals surface area contributed by atoms with Crippen LogP contribution < -0.4 is 11.1 Å². The van der Waals surface area contributed by atoms with E-state index in [0.717, 1.165) is 12.5 Å². The van der Waals surface area contributed by atoms with Crippen LogP contribution in [0, 0.1) is 5.92 Å². The molecule has 1 fully saturated rings. The second-order valence-corrected chi connectivity index (χ2v) is 6.60. The van der Waals surface area contributed by atoms with Gasteiger partial charge in [-0.3, -0.25) is 0 Å². The minimum atomic E-state index is 0.296. The van der Waals surface area contributed by atoms with Gasteiger partial charge < -0.3 is 11.1 Å². The van der Waals surface area contributed by atoms with Crippen molar-refractivity contribution < 1.29 is 0 Å². The van der Waals surface area contributed by atoms with Crippen molar-refractivity contribution in [2.75, 3.05) is 6.54 Å². The Kier molecular flexibility index (Phi) is 4.81. The Morgan fingerprint density at radius 3 is 2.38 bits per heavy atom. The Morgan fingerprint density at radius 2 is 1.81 bits per heavy atom. The highest BCUT2D eigenvalue weighted by Crippen LogP contribution is 2.36. The second kappa shape index (κ2) is 5.50. The predicted octanol–water partition coefficient (Wildman–Crippen LogP) is 3.06. The molecule has 2 nitrogen and oxygen atoms in total. The van der Waals surface area contributed by atoms with Crippen LogP contribution in [-0.4, -0.2) is 17.6 Å². The van der Waals surface area contributed by atoms with Gasteiger partial charge in [-0.15, -0.1) is 0 Å². The molecule has 1 atom stereocenters. The number of unbranched alkanes of at least 4 members (excludes halogenated alkanes) is 2. The van der Waals surface area contributed by atoms with Gasteiger partial charge in [0.15, 0.2) is 0 Å². The molecule has 0 aliphatic carbocycles. The average molecular weight is 226 g/mol. The van der Waals surface area contributed by atoms with Crippen LogP contribution >= 0.6 is 0 Å². The van der Waals surface area contributed by atoms with Crippen molar-refractivity contribution in [3.63, 3.8) is 0 Å². The number of piperidine rings is 1. The molecular weight excluding hydrogens is 196 g/mol. The number of nitrogens with one attached hydrogen (secondary N) is 1. The van der Waals surface area contributed by atoms with E-state index in [1.807, 2.05) is 0 Å². The van der Waals surface area contributed by atoms with E-state index in [4.69, 9.17) is 5.73 Å². The molecule has 0 aromatic carbocycles. The number of hydrogen-bond acceptors (Lipinski definition) is 2. The minimum absolute atomic E-state index is 0.296. The smallest absolute Gasteiger partial charge is 0.0158 e. The zero-order chi connectivity index (χ0) is 12.2. The predicted molar refractivity (Wildman–Crippen MR) is 71.5 cm³/mol. The topological polar surface area (TPSA) is 38.0 Å². The molecule has 3 N–H and O–H groups in total. The van der Waals surface area contributed by atoms with Gasteiger partial charge in [-0.1, -0.05) is 12.8 Å². The zero-order valence-corrected chi connectivity index (χ0v) is 11.6. The third kappa shape index (κ3) is 4.06. The van der Waals surface area contributed by atoms with Gasteiger partial charge in [-0.05, 0) is 65.8 Å². The molecule has 0 aromatic heterocycles. The van der Waals surface area contributed by atoms with E-state index in [2.05, 4.69) is 33.0 Å². The van der Waals surface area contributed by atoms with Crippen molar-refractivity contribution >= 4 is 0 Å². The van der Waals surface area contributed by atoms with Gasteiger partial charge in [-0.2, -0.15) is 0 Å². The monoisotopic (exact) mass is 226 g/mol. The normalized spacial score (nSPS) is 27.9. The molecule has 1 rings (SSSR count). The van der Waals surface area contributed by atoms with Gasteiger partial charge in [0, 0.05) is 11.1 Å². The summed E-state index contributed by atoms with van der Waals surface area (Å²) in [6.45, 7) is 10.2. The quantitative estimate of drug-likeness (QED) is 0.707. The summed E-state index contributed by atoms with van der Waals surface area (Å²) >= 11 is 0. The third-order valence-electron chi connectivity index (χ3n) is 4.06. The SMILES string of the molecule is CC1(C)CCC(CCCCCN)C(C)(C)N1. The van der Waals surface area contributed by atoms with Crippen molar-refractivity contribution in [2.24, 2.45) is 11.7 Å². The van der Waals surface area contributed by atoms with Gasteiger partial charge in [0.05, 0.1) is 0 Å². The van der Waals surface area contributed by atoms with Gasteiger partial charge in [0.1, 0.15) is 0 Å². The van der Waals surface area contributed by atoms with Crippen molar-refractivity contribution in [1.82, 2.24) is 5.32 Å². The first-order valence-corrected chi connectivity index (χ1v) is 6.87. The highest BCUT2D eigenvalue weighted by molar-refractivity contribution is 4.98. The molecule has 0 bridgehead atoms. The van der Waals surface area contributed by atoms with E-state index in [1.165, 1.54) is 38.5 Å². The lowest BCUT2D eigenvalue weighted by Crippen LogP contribution is -2.59. The van der Waals surface area contributed by atoms with E-state index in [9.17, 15) is 0 Å². The summed E-state index contributed by atoms with van der Waals surface area (Å²) in [4.78, 5) is 0. The number of hydrogen-bond donors (Lipinski definition) is 2. The molecule has 16 heavy (non-hydrogen) atoms. The van der Waals surface area contributed by atoms with Gasteiger partial charge in [-0.25, -0.2) is 0 Å². The summed E-state index contributed by atoms with van der Waals surface area (Å²) in [5.74, 6) is 0.832. The highest BCUT2D eigenvalue weighted by Gasteiger charge is 2.38. The Labute approximate surface area is 101 Å². The second-order valence-electron chi connectivity index (χ2n) is 6.60. The van der Waals surface area contributed by atoms with Crippen LogP contribution in [0.25, 0.3) is 0 Å². The van der Waals surface area contributed by atoms with Crippen molar-refractivity contribution in [1.29, 1.82) is 0 Å². The highest BCUT2D eigenvalue weighted by atomic mass is 15.1. The van der Waals surface area contributed by atoms with Crippen LogP contribution in [-0.2, 0) is 0 Å². The first-order valence-electron chi connectivity index (χ1n) is 6.87. The Morgan fingerprint density at radius 1 is 1.12 bits per heavy atom. The van der Waals surface area contributed by atoms with E-state index < -0.39 is 0 Å². The molecule has 96 valence electrons. The Hall–Kier alpha value is -0.0800. The van der Waals surface area contributed by atoms with Crippen molar-refractivity contribution in [3.8, 4) is 0 Å². The number of nitrogens with two attached hydrogens (primary N) is 1. The van der Waals surface area contributed by atoms with Gasteiger partial charge in [0.25, 0.3) is 0 Å². The summed E-state index contributed by atoms with van der Waals surface area (Å²) in [6, 6.07) is 0. The number of rotatable bonds is 5. The fourth-order valence-corrected chi connectivity index (χ4v) is 3.15. The lowest BCUT2D eigenvalue weighted by Gasteiger charge is -2.48. The fourth-order valence-electron chi connectivity index (χ4n) is 3.15. The maximum Gasteiger partial charge on any atom is 0.0158 e. The molecule has 0 amide bonds. The third-order valence-corrected chi connectivity index (χ3v) is 4.06. The first-order chi connectivity index (χ1) is 7.37. The largest absolute Gasteiger partial charge is 0.330 e. The van der Waals surface area contributed by atoms with Gasteiger partial charge >= 0.3 is 0 Å².